The van der Waals surface area contributed by atoms with Crippen LogP contribution in [0.2, 0.25) is 0 Å². The number of halogens is 1. The second-order valence-corrected chi connectivity index (χ2v) is 6.59. The number of nitrogens with zero attached hydrogens (tertiary/aromatic N) is 1. The molecular formula is C16H23BrN2O. The molecule has 110 valence electrons. The lowest BCUT2D eigenvalue weighted by molar-refractivity contribution is -0.132. The summed E-state index contributed by atoms with van der Waals surface area (Å²) in [7, 11) is 0. The minimum absolute atomic E-state index is 0.183. The van der Waals surface area contributed by atoms with Gasteiger partial charge in [0.2, 0.25) is 5.91 Å². The van der Waals surface area contributed by atoms with Crippen LogP contribution >= 0.6 is 15.9 Å². The molecule has 3 nitrogen and oxygen atoms in total. The standard InChI is InChI=1S/C16H23BrN2O/c1-12(18)5-2-9-16(20)19-10-4-8-15(19)13-6-3-7-14(17)11-13/h3,6-7,11-12,15H,2,4-5,8-10,18H2,1H3. The summed E-state index contributed by atoms with van der Waals surface area (Å²) in [5.41, 5.74) is 6.97. The molecule has 0 radical (unpaired) electrons. The van der Waals surface area contributed by atoms with Crippen LogP contribution < -0.4 is 5.73 Å². The Labute approximate surface area is 129 Å². The van der Waals surface area contributed by atoms with Crippen molar-refractivity contribution in [3.05, 3.63) is 34.3 Å². The molecule has 2 N–H and O–H groups in total. The lowest BCUT2D eigenvalue weighted by atomic mass is 10.0. The second-order valence-electron chi connectivity index (χ2n) is 5.67. The molecule has 2 unspecified atom stereocenters. The Bertz CT molecular complexity index is 462. The zero-order valence-corrected chi connectivity index (χ0v) is 13.6. The van der Waals surface area contributed by atoms with Crippen LogP contribution in [0.25, 0.3) is 0 Å². The number of nitrogens with two attached hydrogens (primary N) is 1. The average molecular weight is 339 g/mol. The number of benzene rings is 1. The van der Waals surface area contributed by atoms with Crippen LogP contribution in [0.5, 0.6) is 0 Å². The smallest absolute Gasteiger partial charge is 0.223 e. The van der Waals surface area contributed by atoms with Crippen LogP contribution in [0, 0.1) is 0 Å². The fourth-order valence-corrected chi connectivity index (χ4v) is 3.26. The highest BCUT2D eigenvalue weighted by atomic mass is 79.9. The molecule has 1 aromatic rings. The van der Waals surface area contributed by atoms with Gasteiger partial charge in [-0.2, -0.15) is 0 Å². The van der Waals surface area contributed by atoms with Gasteiger partial charge in [0.05, 0.1) is 6.04 Å². The number of hydrogen-bond donors (Lipinski definition) is 1. The Balaban J connectivity index is 1.98. The molecule has 20 heavy (non-hydrogen) atoms. The third kappa shape index (κ3) is 4.06. The molecule has 0 bridgehead atoms. The lowest BCUT2D eigenvalue weighted by Gasteiger charge is -2.25. The van der Waals surface area contributed by atoms with Gasteiger partial charge < -0.3 is 10.6 Å². The Morgan fingerprint density at radius 3 is 3.05 bits per heavy atom. The van der Waals surface area contributed by atoms with E-state index in [-0.39, 0.29) is 18.0 Å². The summed E-state index contributed by atoms with van der Waals surface area (Å²) in [5, 5.41) is 0. The predicted octanol–water partition coefficient (Wildman–Crippen LogP) is 3.63. The van der Waals surface area contributed by atoms with Gasteiger partial charge in [0.1, 0.15) is 0 Å². The largest absolute Gasteiger partial charge is 0.336 e. The van der Waals surface area contributed by atoms with E-state index >= 15 is 0 Å². The molecule has 1 amide bonds. The van der Waals surface area contributed by atoms with E-state index in [4.69, 9.17) is 5.73 Å². The van der Waals surface area contributed by atoms with E-state index < -0.39 is 0 Å². The Kier molecular flexibility index (Phi) is 5.61. The zero-order chi connectivity index (χ0) is 14.5. The molecule has 0 spiro atoms. The maximum absolute atomic E-state index is 12.4. The van der Waals surface area contributed by atoms with E-state index in [2.05, 4.69) is 28.1 Å². The quantitative estimate of drug-likeness (QED) is 0.890. The van der Waals surface area contributed by atoms with E-state index in [1.165, 1.54) is 5.56 Å². The number of rotatable bonds is 5. The van der Waals surface area contributed by atoms with Crippen molar-refractivity contribution in [1.29, 1.82) is 0 Å². The van der Waals surface area contributed by atoms with Gasteiger partial charge in [-0.1, -0.05) is 28.1 Å². The molecule has 1 aliphatic heterocycles. The lowest BCUT2D eigenvalue weighted by Crippen LogP contribution is -2.30. The molecule has 1 saturated heterocycles. The molecule has 1 aliphatic rings. The van der Waals surface area contributed by atoms with Crippen molar-refractivity contribution in [2.24, 2.45) is 5.73 Å². The average Bonchev–Trinajstić information content (AvgIpc) is 2.87. The van der Waals surface area contributed by atoms with E-state index in [9.17, 15) is 4.79 Å². The van der Waals surface area contributed by atoms with Crippen molar-refractivity contribution < 1.29 is 4.79 Å². The summed E-state index contributed by atoms with van der Waals surface area (Å²) in [5.74, 6) is 0.271. The second kappa shape index (κ2) is 7.23. The number of likely N-dealkylation sites (tertiary alicyclic amines) is 1. The third-order valence-electron chi connectivity index (χ3n) is 3.86. The summed E-state index contributed by atoms with van der Waals surface area (Å²) >= 11 is 3.51. The van der Waals surface area contributed by atoms with E-state index in [1.807, 2.05) is 24.0 Å². The SMILES string of the molecule is CC(N)CCCC(=O)N1CCCC1c1cccc(Br)c1. The van der Waals surface area contributed by atoms with E-state index in [0.717, 1.165) is 36.7 Å². The van der Waals surface area contributed by atoms with Gasteiger partial charge in [0, 0.05) is 23.5 Å². The zero-order valence-electron chi connectivity index (χ0n) is 12.0. The molecule has 1 aromatic carbocycles. The maximum Gasteiger partial charge on any atom is 0.223 e. The van der Waals surface area contributed by atoms with Crippen molar-refractivity contribution in [2.75, 3.05) is 6.54 Å². The number of hydrogen-bond acceptors (Lipinski definition) is 2. The molecule has 0 saturated carbocycles. The number of carbonyl (C=O) groups is 1. The van der Waals surface area contributed by atoms with Crippen molar-refractivity contribution in [3.8, 4) is 0 Å². The van der Waals surface area contributed by atoms with E-state index in [0.29, 0.717) is 6.42 Å². The van der Waals surface area contributed by atoms with Gasteiger partial charge in [-0.25, -0.2) is 0 Å². The first-order valence-corrected chi connectivity index (χ1v) is 8.17. The van der Waals surface area contributed by atoms with Gasteiger partial charge in [-0.05, 0) is 50.3 Å². The highest BCUT2D eigenvalue weighted by molar-refractivity contribution is 9.10. The molecule has 0 aromatic heterocycles. The van der Waals surface area contributed by atoms with Crippen molar-refractivity contribution in [2.45, 2.75) is 51.1 Å². The minimum Gasteiger partial charge on any atom is -0.336 e. The molecule has 4 heteroatoms. The van der Waals surface area contributed by atoms with Crippen molar-refractivity contribution in [1.82, 2.24) is 4.90 Å². The Morgan fingerprint density at radius 2 is 2.35 bits per heavy atom. The molecule has 2 rings (SSSR count). The number of carbonyl (C=O) groups excluding carboxylic acids is 1. The van der Waals surface area contributed by atoms with E-state index in [1.54, 1.807) is 0 Å². The normalized spacial score (nSPS) is 20.1. The van der Waals surface area contributed by atoms with Crippen LogP contribution in [0.4, 0.5) is 0 Å². The molecule has 2 atom stereocenters. The molecular weight excluding hydrogens is 316 g/mol. The highest BCUT2D eigenvalue weighted by Gasteiger charge is 2.29. The van der Waals surface area contributed by atoms with Crippen molar-refractivity contribution >= 4 is 21.8 Å². The molecule has 1 heterocycles. The summed E-state index contributed by atoms with van der Waals surface area (Å²) in [6, 6.07) is 8.72. The summed E-state index contributed by atoms with van der Waals surface area (Å²) in [4.78, 5) is 14.4. The predicted molar refractivity (Wildman–Crippen MR) is 85.3 cm³/mol. The summed E-state index contributed by atoms with van der Waals surface area (Å²) in [6.07, 6.45) is 4.58. The summed E-state index contributed by atoms with van der Waals surface area (Å²) in [6.45, 7) is 2.87. The van der Waals surface area contributed by atoms with Gasteiger partial charge in [0.25, 0.3) is 0 Å². The number of amides is 1. The fourth-order valence-electron chi connectivity index (χ4n) is 2.84. The van der Waals surface area contributed by atoms with Crippen LogP contribution in [-0.2, 0) is 4.79 Å². The van der Waals surface area contributed by atoms with Gasteiger partial charge >= 0.3 is 0 Å². The summed E-state index contributed by atoms with van der Waals surface area (Å²) < 4.78 is 1.08. The molecule has 0 aliphatic carbocycles. The van der Waals surface area contributed by atoms with Crippen LogP contribution in [0.3, 0.4) is 0 Å². The molecule has 1 fully saturated rings. The first-order valence-electron chi connectivity index (χ1n) is 7.38. The van der Waals surface area contributed by atoms with Gasteiger partial charge in [-0.15, -0.1) is 0 Å². The van der Waals surface area contributed by atoms with Crippen LogP contribution in [0.15, 0.2) is 28.7 Å². The van der Waals surface area contributed by atoms with Gasteiger partial charge in [0.15, 0.2) is 0 Å². The first kappa shape index (κ1) is 15.5. The van der Waals surface area contributed by atoms with Gasteiger partial charge in [-0.3, -0.25) is 4.79 Å². The Hall–Kier alpha value is -0.870. The monoisotopic (exact) mass is 338 g/mol. The van der Waals surface area contributed by atoms with Crippen molar-refractivity contribution in [3.63, 3.8) is 0 Å². The first-order chi connectivity index (χ1) is 9.58. The van der Waals surface area contributed by atoms with Crippen LogP contribution in [-0.4, -0.2) is 23.4 Å². The highest BCUT2D eigenvalue weighted by Crippen LogP contribution is 2.33. The minimum atomic E-state index is 0.183. The Morgan fingerprint density at radius 1 is 1.55 bits per heavy atom. The third-order valence-corrected chi connectivity index (χ3v) is 4.35. The van der Waals surface area contributed by atoms with Crippen LogP contribution in [0.1, 0.15) is 50.6 Å². The maximum atomic E-state index is 12.4. The fraction of sp³-hybridized carbons (Fsp3) is 0.562. The topological polar surface area (TPSA) is 46.3 Å².